The van der Waals surface area contributed by atoms with Crippen molar-refractivity contribution < 1.29 is 32.6 Å². The molecule has 0 fully saturated rings. The number of halogens is 2. The quantitative estimate of drug-likeness (QED) is 0.737. The second-order valence-corrected chi connectivity index (χ2v) is 5.14. The summed E-state index contributed by atoms with van der Waals surface area (Å²) in [4.78, 5) is 23.4. The number of ether oxygens (including phenoxy) is 3. The predicted octanol–water partition coefficient (Wildman–Crippen LogP) is 2.28. The molecule has 0 aromatic carbocycles. The highest BCUT2D eigenvalue weighted by Crippen LogP contribution is 2.39. The van der Waals surface area contributed by atoms with Gasteiger partial charge in [-0.2, -0.15) is 5.10 Å². The third-order valence-corrected chi connectivity index (χ3v) is 3.65. The van der Waals surface area contributed by atoms with E-state index in [0.29, 0.717) is 0 Å². The molecule has 132 valence electrons. The highest BCUT2D eigenvalue weighted by molar-refractivity contribution is 5.93. The molecule has 1 aromatic rings. The predicted molar refractivity (Wildman–Crippen MR) is 78.4 cm³/mol. The molecule has 0 spiro atoms. The number of methoxy groups -OCH3 is 1. The zero-order chi connectivity index (χ0) is 17.9. The van der Waals surface area contributed by atoms with Crippen molar-refractivity contribution in [2.75, 3.05) is 20.3 Å². The molecule has 0 saturated carbocycles. The van der Waals surface area contributed by atoms with Gasteiger partial charge < -0.3 is 14.2 Å². The van der Waals surface area contributed by atoms with E-state index in [1.54, 1.807) is 13.0 Å². The van der Waals surface area contributed by atoms with Gasteiger partial charge in [0.05, 0.1) is 12.3 Å². The van der Waals surface area contributed by atoms with Crippen LogP contribution < -0.4 is 0 Å². The van der Waals surface area contributed by atoms with Crippen LogP contribution in [0.3, 0.4) is 0 Å². The lowest BCUT2D eigenvalue weighted by Gasteiger charge is -2.33. The highest BCUT2D eigenvalue weighted by atomic mass is 19.3. The van der Waals surface area contributed by atoms with Crippen LogP contribution in [0.25, 0.3) is 6.20 Å². The van der Waals surface area contributed by atoms with Crippen molar-refractivity contribution in [1.29, 1.82) is 0 Å². The molecule has 1 atom stereocenters. The topological polar surface area (TPSA) is 79.6 Å². The Morgan fingerprint density at radius 1 is 1.42 bits per heavy atom. The average Bonchev–Trinajstić information content (AvgIpc) is 2.94. The molecule has 0 saturated heterocycles. The van der Waals surface area contributed by atoms with E-state index in [0.717, 1.165) is 4.68 Å². The smallest absolute Gasteiger partial charge is 0.342 e. The fraction of sp³-hybridized carbons (Fsp3) is 0.533. The first-order valence-electron chi connectivity index (χ1n) is 7.29. The van der Waals surface area contributed by atoms with Gasteiger partial charge in [-0.3, -0.25) is 4.79 Å². The van der Waals surface area contributed by atoms with Crippen molar-refractivity contribution in [1.82, 2.24) is 9.78 Å². The molecule has 9 heteroatoms. The van der Waals surface area contributed by atoms with Crippen molar-refractivity contribution in [2.45, 2.75) is 32.3 Å². The van der Waals surface area contributed by atoms with Crippen LogP contribution in [0.2, 0.25) is 0 Å². The molecule has 1 aliphatic rings. The molecule has 0 bridgehead atoms. The second-order valence-electron chi connectivity index (χ2n) is 5.14. The monoisotopic (exact) mass is 344 g/mol. The molecule has 2 rings (SSSR count). The van der Waals surface area contributed by atoms with Gasteiger partial charge in [0.15, 0.2) is 0 Å². The van der Waals surface area contributed by atoms with E-state index >= 15 is 0 Å². The lowest BCUT2D eigenvalue weighted by molar-refractivity contribution is -0.152. The number of hydrogen-bond acceptors (Lipinski definition) is 6. The number of carbonyl (C=O) groups is 2. The lowest BCUT2D eigenvalue weighted by atomic mass is 9.90. The molecular weight excluding hydrogens is 326 g/mol. The maximum Gasteiger partial charge on any atom is 0.342 e. The maximum atomic E-state index is 13.4. The first-order valence-corrected chi connectivity index (χ1v) is 7.29. The molecular formula is C15H18F2N2O5. The summed E-state index contributed by atoms with van der Waals surface area (Å²) in [5, 5.41) is 3.78. The highest BCUT2D eigenvalue weighted by Gasteiger charge is 2.44. The number of carbonyl (C=O) groups excluding carboxylic acids is 2. The van der Waals surface area contributed by atoms with E-state index in [-0.39, 0.29) is 30.9 Å². The number of esters is 2. The fourth-order valence-corrected chi connectivity index (χ4v) is 2.58. The van der Waals surface area contributed by atoms with Crippen LogP contribution in [0.1, 0.15) is 48.4 Å². The van der Waals surface area contributed by atoms with Gasteiger partial charge >= 0.3 is 11.9 Å². The molecule has 24 heavy (non-hydrogen) atoms. The zero-order valence-electron chi connectivity index (χ0n) is 13.5. The summed E-state index contributed by atoms with van der Waals surface area (Å²) in [5.74, 6) is -1.48. The van der Waals surface area contributed by atoms with Crippen molar-refractivity contribution in [3.05, 3.63) is 23.0 Å². The van der Waals surface area contributed by atoms with Crippen LogP contribution in [-0.4, -0.2) is 42.0 Å². The Hall–Kier alpha value is -2.29. The van der Waals surface area contributed by atoms with Gasteiger partial charge in [0, 0.05) is 26.7 Å². The largest absolute Gasteiger partial charge is 0.462 e. The Morgan fingerprint density at radius 3 is 2.67 bits per heavy atom. The molecule has 7 nitrogen and oxygen atoms in total. The van der Waals surface area contributed by atoms with Crippen LogP contribution in [0.4, 0.5) is 8.78 Å². The summed E-state index contributed by atoms with van der Waals surface area (Å²) >= 11 is 0. The van der Waals surface area contributed by atoms with Crippen LogP contribution in [-0.2, 0) is 24.6 Å². The summed E-state index contributed by atoms with van der Waals surface area (Å²) in [6, 6.07) is 0. The van der Waals surface area contributed by atoms with Gasteiger partial charge in [0.25, 0.3) is 6.43 Å². The molecule has 1 aliphatic heterocycles. The number of nitrogens with zero attached hydrogens (tertiary/aromatic N) is 2. The zero-order valence-corrected chi connectivity index (χ0v) is 13.5. The van der Waals surface area contributed by atoms with E-state index in [2.05, 4.69) is 5.10 Å². The third-order valence-electron chi connectivity index (χ3n) is 3.65. The Balaban J connectivity index is 2.63. The molecule has 1 unspecified atom stereocenters. The van der Waals surface area contributed by atoms with Crippen LogP contribution in [0.5, 0.6) is 0 Å². The standard InChI is InChI=1S/C15H18F2N2O5/c1-4-23-14(21)10-11(13(16)17)18-19-7-5-6-15(22-3,12(10)19)8-24-9(2)20/h5,7,13H,4,6,8H2,1-3H3. The SMILES string of the molecule is CCOC(=O)c1c(C(F)F)nn2c1C(COC(C)=O)(OC)CC=C2. The Bertz CT molecular complexity index is 671. The van der Waals surface area contributed by atoms with Gasteiger partial charge in [-0.25, -0.2) is 18.3 Å². The summed E-state index contributed by atoms with van der Waals surface area (Å²) < 4.78 is 43.2. The maximum absolute atomic E-state index is 13.4. The lowest BCUT2D eigenvalue weighted by Crippen LogP contribution is -2.39. The second kappa shape index (κ2) is 7.08. The number of aromatic nitrogens is 2. The van der Waals surface area contributed by atoms with Gasteiger partial charge in [-0.15, -0.1) is 0 Å². The van der Waals surface area contributed by atoms with Crippen LogP contribution in [0, 0.1) is 0 Å². The van der Waals surface area contributed by atoms with Gasteiger partial charge in [0.2, 0.25) is 0 Å². The number of fused-ring (bicyclic) bond motifs is 1. The summed E-state index contributed by atoms with van der Waals surface area (Å²) in [5.41, 5.74) is -2.27. The Morgan fingerprint density at radius 2 is 2.12 bits per heavy atom. The van der Waals surface area contributed by atoms with Crippen molar-refractivity contribution in [3.63, 3.8) is 0 Å². The van der Waals surface area contributed by atoms with E-state index in [1.165, 1.54) is 20.2 Å². The minimum atomic E-state index is -2.97. The van der Waals surface area contributed by atoms with E-state index in [9.17, 15) is 18.4 Å². The van der Waals surface area contributed by atoms with Crippen molar-refractivity contribution in [3.8, 4) is 0 Å². The molecule has 1 aromatic heterocycles. The molecule has 0 aliphatic carbocycles. The van der Waals surface area contributed by atoms with Crippen LogP contribution >= 0.6 is 0 Å². The normalized spacial score (nSPS) is 19.2. The fourth-order valence-electron chi connectivity index (χ4n) is 2.58. The van der Waals surface area contributed by atoms with Gasteiger partial charge in [-0.05, 0) is 6.92 Å². The Kier molecular flexibility index (Phi) is 5.33. The molecule has 0 amide bonds. The number of hydrogen-bond donors (Lipinski definition) is 0. The van der Waals surface area contributed by atoms with Gasteiger partial charge in [-0.1, -0.05) is 6.08 Å². The molecule has 2 heterocycles. The first-order chi connectivity index (χ1) is 11.4. The number of rotatable bonds is 6. The minimum Gasteiger partial charge on any atom is -0.462 e. The van der Waals surface area contributed by atoms with Crippen molar-refractivity contribution in [2.24, 2.45) is 0 Å². The van der Waals surface area contributed by atoms with Gasteiger partial charge in [0.1, 0.15) is 23.5 Å². The van der Waals surface area contributed by atoms with Crippen molar-refractivity contribution >= 4 is 18.1 Å². The molecule has 0 radical (unpaired) electrons. The molecule has 0 N–H and O–H groups in total. The minimum absolute atomic E-state index is 0.0197. The Labute approximate surface area is 137 Å². The summed E-state index contributed by atoms with van der Waals surface area (Å²) in [6.45, 7) is 2.56. The van der Waals surface area contributed by atoms with E-state index in [4.69, 9.17) is 14.2 Å². The first kappa shape index (κ1) is 18.1. The van der Waals surface area contributed by atoms with E-state index < -0.39 is 29.7 Å². The summed E-state index contributed by atoms with van der Waals surface area (Å²) in [7, 11) is 1.34. The average molecular weight is 344 g/mol. The number of alkyl halides is 2. The van der Waals surface area contributed by atoms with E-state index in [1.807, 2.05) is 0 Å². The third kappa shape index (κ3) is 3.16. The van der Waals surface area contributed by atoms with Crippen LogP contribution in [0.15, 0.2) is 6.08 Å². The summed E-state index contributed by atoms with van der Waals surface area (Å²) in [6.07, 6.45) is 0.336.